The van der Waals surface area contributed by atoms with E-state index in [-0.39, 0.29) is 11.9 Å². The van der Waals surface area contributed by atoms with Gasteiger partial charge < -0.3 is 4.90 Å². The zero-order valence-electron chi connectivity index (χ0n) is 11.1. The van der Waals surface area contributed by atoms with E-state index in [1.54, 1.807) is 0 Å². The predicted octanol–water partition coefficient (Wildman–Crippen LogP) is 0.138. The Hall–Kier alpha value is -1.12. The molecule has 0 spiro atoms. The molecular formula is C13H22N4O. The molecule has 18 heavy (non-hydrogen) atoms. The molecule has 0 aromatic heterocycles. The van der Waals surface area contributed by atoms with Crippen molar-refractivity contribution in [2.24, 2.45) is 0 Å². The molecule has 0 aromatic rings. The highest BCUT2D eigenvalue weighted by molar-refractivity contribution is 5.78. The van der Waals surface area contributed by atoms with Crippen molar-refractivity contribution in [3.63, 3.8) is 0 Å². The van der Waals surface area contributed by atoms with Gasteiger partial charge in [-0.3, -0.25) is 14.6 Å². The molecule has 5 heteroatoms. The van der Waals surface area contributed by atoms with Crippen molar-refractivity contribution >= 4 is 5.91 Å². The van der Waals surface area contributed by atoms with E-state index in [9.17, 15) is 4.79 Å². The van der Waals surface area contributed by atoms with E-state index in [4.69, 9.17) is 5.26 Å². The molecule has 2 aliphatic heterocycles. The van der Waals surface area contributed by atoms with E-state index >= 15 is 0 Å². The van der Waals surface area contributed by atoms with Crippen molar-refractivity contribution in [2.45, 2.75) is 25.8 Å². The summed E-state index contributed by atoms with van der Waals surface area (Å²) in [5.74, 6) is 0.272. The second-order valence-corrected chi connectivity index (χ2v) is 5.21. The summed E-state index contributed by atoms with van der Waals surface area (Å²) >= 11 is 0. The van der Waals surface area contributed by atoms with E-state index in [1.165, 1.54) is 0 Å². The average Bonchev–Trinajstić information content (AvgIpc) is 2.92. The number of carbonyl (C=O) groups is 1. The average molecular weight is 250 g/mol. The van der Waals surface area contributed by atoms with E-state index in [1.807, 2.05) is 11.8 Å². The van der Waals surface area contributed by atoms with Crippen molar-refractivity contribution in [1.82, 2.24) is 14.7 Å². The lowest BCUT2D eigenvalue weighted by Crippen LogP contribution is -2.51. The predicted molar refractivity (Wildman–Crippen MR) is 68.9 cm³/mol. The fourth-order valence-corrected chi connectivity index (χ4v) is 2.65. The van der Waals surface area contributed by atoms with Crippen molar-refractivity contribution in [1.29, 1.82) is 5.26 Å². The van der Waals surface area contributed by atoms with E-state index < -0.39 is 0 Å². The van der Waals surface area contributed by atoms with Crippen LogP contribution in [0, 0.1) is 11.3 Å². The highest BCUT2D eigenvalue weighted by Crippen LogP contribution is 2.10. The van der Waals surface area contributed by atoms with Gasteiger partial charge in [0.1, 0.15) is 0 Å². The van der Waals surface area contributed by atoms with Crippen LogP contribution in [0.25, 0.3) is 0 Å². The third-order valence-electron chi connectivity index (χ3n) is 3.96. The number of likely N-dealkylation sites (tertiary alicyclic amines) is 1. The lowest BCUT2D eigenvalue weighted by molar-refractivity contribution is -0.131. The van der Waals surface area contributed by atoms with Crippen LogP contribution in [-0.2, 0) is 4.79 Å². The Balaban J connectivity index is 1.73. The first-order valence-corrected chi connectivity index (χ1v) is 6.84. The fraction of sp³-hybridized carbons (Fsp3) is 0.846. The fourth-order valence-electron chi connectivity index (χ4n) is 2.65. The molecule has 100 valence electrons. The van der Waals surface area contributed by atoms with Crippen LogP contribution in [0.2, 0.25) is 0 Å². The Labute approximate surface area is 109 Å². The number of piperazine rings is 1. The Morgan fingerprint density at radius 1 is 1.17 bits per heavy atom. The Morgan fingerprint density at radius 3 is 2.33 bits per heavy atom. The minimum Gasteiger partial charge on any atom is -0.342 e. The lowest BCUT2D eigenvalue weighted by atomic mass is 10.2. The van der Waals surface area contributed by atoms with Crippen LogP contribution in [0.15, 0.2) is 0 Å². The molecule has 0 bridgehead atoms. The molecule has 0 aromatic carbocycles. The standard InChI is InChI=1S/C13H22N4O/c1-12(10-14)16-8-6-15(7-9-16)11-13(18)17-4-2-3-5-17/h12H,2-9,11H2,1H3. The maximum Gasteiger partial charge on any atom is 0.236 e. The number of hydrogen-bond donors (Lipinski definition) is 0. The number of amides is 1. The first-order valence-electron chi connectivity index (χ1n) is 6.84. The summed E-state index contributed by atoms with van der Waals surface area (Å²) in [6, 6.07) is 2.25. The van der Waals surface area contributed by atoms with Gasteiger partial charge in [0.25, 0.3) is 0 Å². The smallest absolute Gasteiger partial charge is 0.236 e. The topological polar surface area (TPSA) is 50.6 Å². The molecule has 0 saturated carbocycles. The van der Waals surface area contributed by atoms with Crippen LogP contribution in [0.4, 0.5) is 0 Å². The largest absolute Gasteiger partial charge is 0.342 e. The molecule has 1 unspecified atom stereocenters. The SMILES string of the molecule is CC(C#N)N1CCN(CC(=O)N2CCCC2)CC1. The monoisotopic (exact) mass is 250 g/mol. The van der Waals surface area contributed by atoms with Gasteiger partial charge in [0.05, 0.1) is 18.7 Å². The number of nitrogens with zero attached hydrogens (tertiary/aromatic N) is 4. The van der Waals surface area contributed by atoms with E-state index in [0.717, 1.165) is 52.1 Å². The molecule has 5 nitrogen and oxygen atoms in total. The molecule has 0 aliphatic carbocycles. The molecule has 2 aliphatic rings. The van der Waals surface area contributed by atoms with Gasteiger partial charge in [-0.25, -0.2) is 0 Å². The van der Waals surface area contributed by atoms with Crippen LogP contribution in [0.1, 0.15) is 19.8 Å². The Bertz CT molecular complexity index is 324. The molecule has 0 N–H and O–H groups in total. The zero-order valence-corrected chi connectivity index (χ0v) is 11.1. The maximum atomic E-state index is 12.0. The van der Waals surface area contributed by atoms with Gasteiger partial charge in [0.15, 0.2) is 0 Å². The van der Waals surface area contributed by atoms with Crippen molar-refractivity contribution in [2.75, 3.05) is 45.8 Å². The summed E-state index contributed by atoms with van der Waals surface area (Å²) in [4.78, 5) is 18.4. The van der Waals surface area contributed by atoms with E-state index in [0.29, 0.717) is 6.54 Å². The van der Waals surface area contributed by atoms with Crippen LogP contribution in [0.5, 0.6) is 0 Å². The lowest BCUT2D eigenvalue weighted by Gasteiger charge is -2.36. The van der Waals surface area contributed by atoms with Gasteiger partial charge in [0.2, 0.25) is 5.91 Å². The number of carbonyl (C=O) groups excluding carboxylic acids is 1. The zero-order chi connectivity index (χ0) is 13.0. The highest BCUT2D eigenvalue weighted by Gasteiger charge is 2.24. The Kier molecular flexibility index (Phi) is 4.56. The van der Waals surface area contributed by atoms with Crippen LogP contribution in [0.3, 0.4) is 0 Å². The maximum absolute atomic E-state index is 12.0. The summed E-state index contributed by atoms with van der Waals surface area (Å²) < 4.78 is 0. The first kappa shape index (κ1) is 13.3. The third kappa shape index (κ3) is 3.21. The summed E-state index contributed by atoms with van der Waals surface area (Å²) in [6.45, 7) is 7.93. The highest BCUT2D eigenvalue weighted by atomic mass is 16.2. The Morgan fingerprint density at radius 2 is 1.78 bits per heavy atom. The summed E-state index contributed by atoms with van der Waals surface area (Å²) in [5, 5.41) is 8.88. The molecule has 2 saturated heterocycles. The molecular weight excluding hydrogens is 228 g/mol. The number of rotatable bonds is 3. The second-order valence-electron chi connectivity index (χ2n) is 5.21. The number of nitriles is 1. The van der Waals surface area contributed by atoms with Gasteiger partial charge in [-0.2, -0.15) is 5.26 Å². The molecule has 2 fully saturated rings. The van der Waals surface area contributed by atoms with Crippen molar-refractivity contribution in [3.05, 3.63) is 0 Å². The van der Waals surface area contributed by atoms with Crippen LogP contribution >= 0.6 is 0 Å². The van der Waals surface area contributed by atoms with Crippen molar-refractivity contribution in [3.8, 4) is 6.07 Å². The quantitative estimate of drug-likeness (QED) is 0.715. The van der Waals surface area contributed by atoms with Gasteiger partial charge in [0, 0.05) is 39.3 Å². The van der Waals surface area contributed by atoms with Gasteiger partial charge in [-0.05, 0) is 19.8 Å². The van der Waals surface area contributed by atoms with E-state index in [2.05, 4.69) is 15.9 Å². The first-order chi connectivity index (χ1) is 8.70. The third-order valence-corrected chi connectivity index (χ3v) is 3.96. The van der Waals surface area contributed by atoms with Gasteiger partial charge >= 0.3 is 0 Å². The minimum absolute atomic E-state index is 0.0126. The molecule has 2 rings (SSSR count). The summed E-state index contributed by atoms with van der Waals surface area (Å²) in [5.41, 5.74) is 0. The molecule has 1 amide bonds. The molecule has 1 atom stereocenters. The minimum atomic E-state index is -0.0126. The van der Waals surface area contributed by atoms with Crippen LogP contribution in [-0.4, -0.2) is 72.5 Å². The van der Waals surface area contributed by atoms with Crippen LogP contribution < -0.4 is 0 Å². The second kappa shape index (κ2) is 6.17. The summed E-state index contributed by atoms with van der Waals surface area (Å²) in [6.07, 6.45) is 2.30. The molecule has 0 radical (unpaired) electrons. The molecule has 2 heterocycles. The van der Waals surface area contributed by atoms with Gasteiger partial charge in [-0.15, -0.1) is 0 Å². The number of hydrogen-bond acceptors (Lipinski definition) is 4. The van der Waals surface area contributed by atoms with Crippen molar-refractivity contribution < 1.29 is 4.79 Å². The van der Waals surface area contributed by atoms with Gasteiger partial charge in [-0.1, -0.05) is 0 Å². The summed E-state index contributed by atoms with van der Waals surface area (Å²) in [7, 11) is 0. The normalized spacial score (nSPS) is 23.9.